The molecule has 0 amide bonds. The zero-order valence-electron chi connectivity index (χ0n) is 11.4. The first-order valence-electron chi connectivity index (χ1n) is 6.50. The van der Waals surface area contributed by atoms with E-state index in [2.05, 4.69) is 10.1 Å². The van der Waals surface area contributed by atoms with Crippen LogP contribution < -0.4 is 4.74 Å². The molecule has 0 aliphatic carbocycles. The number of aromatic nitrogens is 3. The van der Waals surface area contributed by atoms with Crippen molar-refractivity contribution in [2.75, 3.05) is 13.2 Å². The summed E-state index contributed by atoms with van der Waals surface area (Å²) in [5.41, 5.74) is 1.07. The maximum absolute atomic E-state index is 11.7. The van der Waals surface area contributed by atoms with Gasteiger partial charge in [-0.2, -0.15) is 0 Å². The van der Waals surface area contributed by atoms with Crippen molar-refractivity contribution in [1.29, 1.82) is 0 Å². The van der Waals surface area contributed by atoms with Gasteiger partial charge in [-0.05, 0) is 13.0 Å². The Kier molecular flexibility index (Phi) is 3.14. The van der Waals surface area contributed by atoms with Crippen LogP contribution in [0, 0.1) is 0 Å². The van der Waals surface area contributed by atoms with Crippen LogP contribution in [-0.2, 0) is 11.8 Å². The fourth-order valence-corrected chi connectivity index (χ4v) is 2.36. The molecule has 1 atom stereocenters. The molecule has 1 unspecified atom stereocenters. The van der Waals surface area contributed by atoms with E-state index in [1.54, 1.807) is 18.7 Å². The van der Waals surface area contributed by atoms with Gasteiger partial charge in [0.25, 0.3) is 5.82 Å². The lowest BCUT2D eigenvalue weighted by molar-refractivity contribution is 0.0511. The maximum Gasteiger partial charge on any atom is 0.378 e. The van der Waals surface area contributed by atoms with Gasteiger partial charge in [0, 0.05) is 12.6 Å². The number of nitrogens with zero attached hydrogens (tertiary/aromatic N) is 3. The van der Waals surface area contributed by atoms with E-state index in [1.165, 1.54) is 0 Å². The highest BCUT2D eigenvalue weighted by atomic mass is 16.5. The van der Waals surface area contributed by atoms with E-state index >= 15 is 0 Å². The van der Waals surface area contributed by atoms with Crippen LogP contribution in [0.5, 0.6) is 5.75 Å². The molecule has 20 heavy (non-hydrogen) atoms. The maximum atomic E-state index is 11.7. The number of aryl methyl sites for hydroxylation is 1. The number of para-hydroxylation sites is 1. The van der Waals surface area contributed by atoms with Crippen molar-refractivity contribution in [1.82, 2.24) is 14.8 Å². The quantitative estimate of drug-likeness (QED) is 0.793. The molecule has 0 saturated carbocycles. The van der Waals surface area contributed by atoms with Crippen molar-refractivity contribution >= 4 is 5.97 Å². The minimum Gasteiger partial charge on any atom is -0.492 e. The Bertz CT molecular complexity index is 651. The van der Waals surface area contributed by atoms with Gasteiger partial charge in [0.15, 0.2) is 0 Å². The third-order valence-corrected chi connectivity index (χ3v) is 3.27. The number of esters is 1. The summed E-state index contributed by atoms with van der Waals surface area (Å²) < 4.78 is 12.2. The lowest BCUT2D eigenvalue weighted by atomic mass is 10.0. The number of hydrogen-bond donors (Lipinski definition) is 0. The number of fused-ring (bicyclic) bond motifs is 1. The van der Waals surface area contributed by atoms with Gasteiger partial charge in [0.05, 0.1) is 12.5 Å². The van der Waals surface area contributed by atoms with Gasteiger partial charge < -0.3 is 9.47 Å². The number of benzene rings is 1. The number of carbonyl (C=O) groups excluding carboxylic acids is 1. The van der Waals surface area contributed by atoms with Crippen molar-refractivity contribution in [3.05, 3.63) is 41.5 Å². The summed E-state index contributed by atoms with van der Waals surface area (Å²) in [6, 6.07) is 7.83. The second-order valence-electron chi connectivity index (χ2n) is 4.54. The summed E-state index contributed by atoms with van der Waals surface area (Å²) >= 11 is 0. The molecule has 3 rings (SSSR count). The Morgan fingerprint density at radius 1 is 1.50 bits per heavy atom. The molecular formula is C14H15N3O3. The topological polar surface area (TPSA) is 66.2 Å². The van der Waals surface area contributed by atoms with Crippen molar-refractivity contribution in [2.45, 2.75) is 12.8 Å². The second kappa shape index (κ2) is 4.96. The molecule has 6 heteroatoms. The Morgan fingerprint density at radius 2 is 2.30 bits per heavy atom. The Hall–Kier alpha value is -2.37. The van der Waals surface area contributed by atoms with Crippen LogP contribution >= 0.6 is 0 Å². The van der Waals surface area contributed by atoms with Crippen LogP contribution in [0.3, 0.4) is 0 Å². The highest BCUT2D eigenvalue weighted by Crippen LogP contribution is 2.36. The van der Waals surface area contributed by atoms with Crippen molar-refractivity contribution in [2.24, 2.45) is 7.05 Å². The summed E-state index contributed by atoms with van der Waals surface area (Å²) in [4.78, 5) is 16.0. The van der Waals surface area contributed by atoms with E-state index in [9.17, 15) is 4.79 Å². The molecule has 1 aromatic heterocycles. The SMILES string of the molecule is CCOC(=O)c1nc(C2COc3ccccc32)n(C)n1. The molecular weight excluding hydrogens is 258 g/mol. The van der Waals surface area contributed by atoms with E-state index in [-0.39, 0.29) is 11.7 Å². The van der Waals surface area contributed by atoms with Crippen LogP contribution in [-0.4, -0.2) is 33.9 Å². The smallest absolute Gasteiger partial charge is 0.378 e. The predicted molar refractivity (Wildman–Crippen MR) is 70.7 cm³/mol. The standard InChI is InChI=1S/C14H15N3O3/c1-3-19-14(18)12-15-13(17(2)16-12)10-8-20-11-7-5-4-6-9(10)11/h4-7,10H,3,8H2,1-2H3. The molecule has 1 aliphatic rings. The van der Waals surface area contributed by atoms with Gasteiger partial charge in [-0.15, -0.1) is 5.10 Å². The highest BCUT2D eigenvalue weighted by molar-refractivity contribution is 5.85. The summed E-state index contributed by atoms with van der Waals surface area (Å²) in [7, 11) is 1.77. The molecule has 6 nitrogen and oxygen atoms in total. The molecule has 0 spiro atoms. The zero-order valence-corrected chi connectivity index (χ0v) is 11.4. The fourth-order valence-electron chi connectivity index (χ4n) is 2.36. The number of ether oxygens (including phenoxy) is 2. The molecule has 1 aliphatic heterocycles. The molecule has 0 radical (unpaired) electrons. The Labute approximate surface area is 116 Å². The third-order valence-electron chi connectivity index (χ3n) is 3.27. The lowest BCUT2D eigenvalue weighted by Crippen LogP contribution is -2.10. The minimum absolute atomic E-state index is 0.00752. The van der Waals surface area contributed by atoms with Gasteiger partial charge in [0.2, 0.25) is 0 Å². The largest absolute Gasteiger partial charge is 0.492 e. The first-order valence-corrected chi connectivity index (χ1v) is 6.50. The zero-order chi connectivity index (χ0) is 14.1. The van der Waals surface area contributed by atoms with Crippen molar-refractivity contribution < 1.29 is 14.3 Å². The monoisotopic (exact) mass is 273 g/mol. The van der Waals surface area contributed by atoms with Crippen LogP contribution in [0.15, 0.2) is 24.3 Å². The van der Waals surface area contributed by atoms with E-state index in [0.29, 0.717) is 19.0 Å². The van der Waals surface area contributed by atoms with E-state index in [1.807, 2.05) is 24.3 Å². The average Bonchev–Trinajstić information content (AvgIpc) is 3.02. The summed E-state index contributed by atoms with van der Waals surface area (Å²) in [6.45, 7) is 2.57. The van der Waals surface area contributed by atoms with Gasteiger partial charge in [-0.3, -0.25) is 4.68 Å². The molecule has 0 fully saturated rings. The highest BCUT2D eigenvalue weighted by Gasteiger charge is 2.30. The minimum atomic E-state index is -0.499. The lowest BCUT2D eigenvalue weighted by Gasteiger charge is -2.06. The summed E-state index contributed by atoms with van der Waals surface area (Å²) in [5, 5.41) is 4.12. The summed E-state index contributed by atoms with van der Waals surface area (Å²) in [6.07, 6.45) is 0. The van der Waals surface area contributed by atoms with E-state index < -0.39 is 5.97 Å². The molecule has 2 heterocycles. The van der Waals surface area contributed by atoms with Crippen LogP contribution in [0.25, 0.3) is 0 Å². The molecule has 0 N–H and O–H groups in total. The number of hydrogen-bond acceptors (Lipinski definition) is 5. The van der Waals surface area contributed by atoms with Crippen LogP contribution in [0.4, 0.5) is 0 Å². The second-order valence-corrected chi connectivity index (χ2v) is 4.54. The van der Waals surface area contributed by atoms with E-state index in [0.717, 1.165) is 11.3 Å². The molecule has 104 valence electrons. The molecule has 1 aromatic carbocycles. The molecule has 0 bridgehead atoms. The van der Waals surface area contributed by atoms with E-state index in [4.69, 9.17) is 9.47 Å². The normalized spacial score (nSPS) is 16.6. The van der Waals surface area contributed by atoms with Gasteiger partial charge in [0.1, 0.15) is 18.2 Å². The Balaban J connectivity index is 1.94. The first-order chi connectivity index (χ1) is 9.70. The fraction of sp³-hybridized carbons (Fsp3) is 0.357. The number of carbonyl (C=O) groups is 1. The van der Waals surface area contributed by atoms with Crippen molar-refractivity contribution in [3.8, 4) is 5.75 Å². The Morgan fingerprint density at radius 3 is 3.10 bits per heavy atom. The molecule has 2 aromatic rings. The van der Waals surface area contributed by atoms with Crippen LogP contribution in [0.1, 0.15) is 34.8 Å². The van der Waals surface area contributed by atoms with Gasteiger partial charge in [-0.25, -0.2) is 9.78 Å². The molecule has 0 saturated heterocycles. The van der Waals surface area contributed by atoms with Gasteiger partial charge >= 0.3 is 5.97 Å². The third kappa shape index (κ3) is 2.03. The van der Waals surface area contributed by atoms with Gasteiger partial charge in [-0.1, -0.05) is 18.2 Å². The summed E-state index contributed by atoms with van der Waals surface area (Å²) in [5.74, 6) is 1.15. The average molecular weight is 273 g/mol. The number of rotatable bonds is 3. The first kappa shape index (κ1) is 12.7. The van der Waals surface area contributed by atoms with Crippen molar-refractivity contribution in [3.63, 3.8) is 0 Å². The van der Waals surface area contributed by atoms with Crippen LogP contribution in [0.2, 0.25) is 0 Å². The predicted octanol–water partition coefficient (Wildman–Crippen LogP) is 1.52.